The lowest BCUT2D eigenvalue weighted by Gasteiger charge is -2.27. The zero-order valence-corrected chi connectivity index (χ0v) is 15.8. The highest BCUT2D eigenvalue weighted by atomic mass is 19.4. The van der Waals surface area contributed by atoms with Crippen molar-refractivity contribution in [2.75, 3.05) is 5.32 Å². The maximum Gasteiger partial charge on any atom is 0.451 e. The fraction of sp³-hybridized carbons (Fsp3) is 0.421. The molecule has 1 aromatic carbocycles. The lowest BCUT2D eigenvalue weighted by Crippen LogP contribution is -2.31. The standard InChI is InChI=1S/C19H19F3N6O2/c20-19(21,22)17-25-18(27-26-17)24-15(29)12-7-5-11(6-8-12)9-28-10-23-14-4-2-1-3-13(14)16(28)30/h1-4,10-12H,5-9H2,(H2,24,25,26,27,29). The monoisotopic (exact) mass is 420 g/mol. The van der Waals surface area contributed by atoms with E-state index < -0.39 is 17.9 Å². The molecule has 158 valence electrons. The number of hydrogen-bond donors (Lipinski definition) is 2. The minimum absolute atomic E-state index is 0.0921. The van der Waals surface area contributed by atoms with E-state index in [1.54, 1.807) is 34.2 Å². The molecule has 11 heteroatoms. The number of hydrogen-bond acceptors (Lipinski definition) is 5. The summed E-state index contributed by atoms with van der Waals surface area (Å²) >= 11 is 0. The molecule has 4 rings (SSSR count). The number of nitrogens with one attached hydrogen (secondary N) is 2. The van der Waals surface area contributed by atoms with Crippen molar-refractivity contribution >= 4 is 22.8 Å². The van der Waals surface area contributed by atoms with Gasteiger partial charge in [0, 0.05) is 12.5 Å². The Morgan fingerprint density at radius 1 is 1.20 bits per heavy atom. The third kappa shape index (κ3) is 4.19. The normalized spacial score (nSPS) is 19.7. The van der Waals surface area contributed by atoms with Crippen molar-refractivity contribution in [3.05, 3.63) is 46.8 Å². The maximum absolute atomic E-state index is 12.6. The Labute approximate surface area is 168 Å². The first-order chi connectivity index (χ1) is 14.3. The number of rotatable bonds is 4. The summed E-state index contributed by atoms with van der Waals surface area (Å²) in [5.41, 5.74) is 0.560. The Morgan fingerprint density at radius 2 is 1.93 bits per heavy atom. The minimum atomic E-state index is -4.65. The van der Waals surface area contributed by atoms with Crippen LogP contribution in [0.25, 0.3) is 10.9 Å². The van der Waals surface area contributed by atoms with Crippen molar-refractivity contribution in [1.82, 2.24) is 24.7 Å². The van der Waals surface area contributed by atoms with Crippen LogP contribution in [0, 0.1) is 11.8 Å². The average molecular weight is 420 g/mol. The molecule has 0 unspecified atom stereocenters. The number of amides is 1. The second-order valence-corrected chi connectivity index (χ2v) is 7.43. The predicted octanol–water partition coefficient (Wildman–Crippen LogP) is 2.98. The first kappa shape index (κ1) is 20.0. The number of H-pyrrole nitrogens is 1. The summed E-state index contributed by atoms with van der Waals surface area (Å²) in [5, 5.41) is 8.06. The van der Waals surface area contributed by atoms with Crippen LogP contribution in [0.5, 0.6) is 0 Å². The summed E-state index contributed by atoms with van der Waals surface area (Å²) in [6, 6.07) is 7.16. The number of anilines is 1. The third-order valence-electron chi connectivity index (χ3n) is 5.39. The molecule has 2 heterocycles. The number of para-hydroxylation sites is 1. The molecule has 1 saturated carbocycles. The van der Waals surface area contributed by atoms with Crippen LogP contribution in [-0.2, 0) is 17.5 Å². The average Bonchev–Trinajstić information content (AvgIpc) is 3.20. The van der Waals surface area contributed by atoms with Crippen LogP contribution in [0.15, 0.2) is 35.4 Å². The molecule has 1 fully saturated rings. The number of carbonyl (C=O) groups excluding carboxylic acids is 1. The summed E-state index contributed by atoms with van der Waals surface area (Å²) in [7, 11) is 0. The fourth-order valence-corrected chi connectivity index (χ4v) is 3.78. The van der Waals surface area contributed by atoms with Gasteiger partial charge in [0.05, 0.1) is 17.2 Å². The smallest absolute Gasteiger partial charge is 0.298 e. The summed E-state index contributed by atoms with van der Waals surface area (Å²) in [5.74, 6) is -2.15. The Morgan fingerprint density at radius 3 is 2.63 bits per heavy atom. The highest BCUT2D eigenvalue weighted by Gasteiger charge is 2.36. The minimum Gasteiger partial charge on any atom is -0.298 e. The van der Waals surface area contributed by atoms with Crippen molar-refractivity contribution in [2.24, 2.45) is 11.8 Å². The second-order valence-electron chi connectivity index (χ2n) is 7.43. The summed E-state index contributed by atoms with van der Waals surface area (Å²) < 4.78 is 39.3. The molecule has 1 aliphatic rings. The summed E-state index contributed by atoms with van der Waals surface area (Å²) in [6.45, 7) is 0.515. The molecule has 1 aliphatic carbocycles. The number of benzene rings is 1. The SMILES string of the molecule is O=C(Nc1n[nH]c(C(F)(F)F)n1)C1CCC(Cn2cnc3ccccc3c2=O)CC1. The summed E-state index contributed by atoms with van der Waals surface area (Å²) in [4.78, 5) is 32.5. The van der Waals surface area contributed by atoms with Crippen molar-refractivity contribution in [2.45, 2.75) is 38.4 Å². The van der Waals surface area contributed by atoms with Gasteiger partial charge in [0.1, 0.15) is 0 Å². The van der Waals surface area contributed by atoms with Crippen molar-refractivity contribution < 1.29 is 18.0 Å². The summed E-state index contributed by atoms with van der Waals surface area (Å²) in [6.07, 6.45) is -0.515. The van der Waals surface area contributed by atoms with Gasteiger partial charge in [-0.15, -0.1) is 5.10 Å². The molecular formula is C19H19F3N6O2. The van der Waals surface area contributed by atoms with Crippen molar-refractivity contribution in [3.63, 3.8) is 0 Å². The molecule has 8 nitrogen and oxygen atoms in total. The van der Waals surface area contributed by atoms with E-state index in [4.69, 9.17) is 0 Å². The van der Waals surface area contributed by atoms with Crippen molar-refractivity contribution in [3.8, 4) is 0 Å². The predicted molar refractivity (Wildman–Crippen MR) is 101 cm³/mol. The van der Waals surface area contributed by atoms with Gasteiger partial charge in [0.2, 0.25) is 17.7 Å². The van der Waals surface area contributed by atoms with E-state index in [-0.39, 0.29) is 23.3 Å². The van der Waals surface area contributed by atoms with Gasteiger partial charge >= 0.3 is 6.18 Å². The molecule has 2 aromatic heterocycles. The van der Waals surface area contributed by atoms with Crippen LogP contribution in [0.3, 0.4) is 0 Å². The molecule has 2 N–H and O–H groups in total. The first-order valence-electron chi connectivity index (χ1n) is 9.56. The Hall–Kier alpha value is -3.24. The van der Waals surface area contributed by atoms with E-state index in [0.717, 1.165) is 12.8 Å². The molecule has 1 amide bonds. The van der Waals surface area contributed by atoms with Gasteiger partial charge in [-0.25, -0.2) is 4.98 Å². The number of carbonyl (C=O) groups is 1. The van der Waals surface area contributed by atoms with E-state index in [1.165, 1.54) is 0 Å². The molecular weight excluding hydrogens is 401 g/mol. The number of fused-ring (bicyclic) bond motifs is 1. The molecule has 0 aliphatic heterocycles. The Kier molecular flexibility index (Phi) is 5.27. The third-order valence-corrected chi connectivity index (χ3v) is 5.39. The van der Waals surface area contributed by atoms with Crippen LogP contribution in [-0.4, -0.2) is 30.6 Å². The fourth-order valence-electron chi connectivity index (χ4n) is 3.78. The van der Waals surface area contributed by atoms with Crippen molar-refractivity contribution in [1.29, 1.82) is 0 Å². The zero-order valence-electron chi connectivity index (χ0n) is 15.8. The number of aromatic nitrogens is 5. The van der Waals surface area contributed by atoms with E-state index in [1.807, 2.05) is 6.07 Å². The first-order valence-corrected chi connectivity index (χ1v) is 9.56. The van der Waals surface area contributed by atoms with E-state index in [2.05, 4.69) is 20.4 Å². The van der Waals surface area contributed by atoms with Gasteiger partial charge in [-0.1, -0.05) is 12.1 Å². The van der Waals surface area contributed by atoms with Gasteiger partial charge < -0.3 is 0 Å². The lowest BCUT2D eigenvalue weighted by atomic mass is 9.81. The molecule has 0 atom stereocenters. The van der Waals surface area contributed by atoms with Gasteiger partial charge in [0.25, 0.3) is 5.56 Å². The number of aromatic amines is 1. The second kappa shape index (κ2) is 7.88. The molecule has 0 bridgehead atoms. The molecule has 3 aromatic rings. The zero-order chi connectivity index (χ0) is 21.3. The molecule has 0 spiro atoms. The van der Waals surface area contributed by atoms with E-state index in [9.17, 15) is 22.8 Å². The topological polar surface area (TPSA) is 106 Å². The Bertz CT molecular complexity index is 1120. The van der Waals surface area contributed by atoms with Crippen LogP contribution in [0.2, 0.25) is 0 Å². The molecule has 30 heavy (non-hydrogen) atoms. The largest absolute Gasteiger partial charge is 0.451 e. The van der Waals surface area contributed by atoms with Gasteiger partial charge in [0.15, 0.2) is 0 Å². The quantitative estimate of drug-likeness (QED) is 0.675. The van der Waals surface area contributed by atoms with Gasteiger partial charge in [-0.3, -0.25) is 24.6 Å². The Balaban J connectivity index is 1.34. The van der Waals surface area contributed by atoms with Gasteiger partial charge in [-0.2, -0.15) is 18.2 Å². The van der Waals surface area contributed by atoms with Gasteiger partial charge in [-0.05, 0) is 43.7 Å². The highest BCUT2D eigenvalue weighted by molar-refractivity contribution is 5.90. The lowest BCUT2D eigenvalue weighted by molar-refractivity contribution is -0.144. The van der Waals surface area contributed by atoms with Crippen LogP contribution in [0.1, 0.15) is 31.5 Å². The number of halogens is 3. The van der Waals surface area contributed by atoms with Crippen LogP contribution < -0.4 is 10.9 Å². The van der Waals surface area contributed by atoms with E-state index >= 15 is 0 Å². The molecule has 0 radical (unpaired) electrons. The maximum atomic E-state index is 12.6. The van der Waals surface area contributed by atoms with Crippen LogP contribution in [0.4, 0.5) is 19.1 Å². The highest BCUT2D eigenvalue weighted by Crippen LogP contribution is 2.31. The van der Waals surface area contributed by atoms with E-state index in [0.29, 0.717) is 30.3 Å². The number of alkyl halides is 3. The number of nitrogens with zero attached hydrogens (tertiary/aromatic N) is 4. The molecule has 0 saturated heterocycles. The van der Waals surface area contributed by atoms with Crippen LogP contribution >= 0.6 is 0 Å².